The molecule has 0 aliphatic rings. The fraction of sp³-hybridized carbons (Fsp3) is 0.571. The summed E-state index contributed by atoms with van der Waals surface area (Å²) in [7, 11) is 0. The monoisotopic (exact) mass is 284 g/mol. The summed E-state index contributed by atoms with van der Waals surface area (Å²) in [4.78, 5) is 0. The Morgan fingerprint density at radius 2 is 1.88 bits per heavy atom. The van der Waals surface area contributed by atoms with Gasteiger partial charge in [-0.3, -0.25) is 0 Å². The molecule has 16 heavy (non-hydrogen) atoms. The highest BCUT2D eigenvalue weighted by molar-refractivity contribution is 9.10. The Kier molecular flexibility index (Phi) is 5.00. The van der Waals surface area contributed by atoms with Crippen molar-refractivity contribution in [1.29, 1.82) is 0 Å². The van der Waals surface area contributed by atoms with Gasteiger partial charge in [0.15, 0.2) is 0 Å². The van der Waals surface area contributed by atoms with Crippen LogP contribution in [0.4, 0.5) is 0 Å². The highest BCUT2D eigenvalue weighted by Crippen LogP contribution is 2.29. The first-order valence-corrected chi connectivity index (χ1v) is 6.69. The maximum Gasteiger partial charge on any atom is 0.0795 e. The number of hydrogen-bond acceptors (Lipinski definition) is 1. The smallest absolute Gasteiger partial charge is 0.0795 e. The van der Waals surface area contributed by atoms with Crippen molar-refractivity contribution in [1.82, 2.24) is 0 Å². The van der Waals surface area contributed by atoms with Gasteiger partial charge in [-0.2, -0.15) is 0 Å². The second-order valence-corrected chi connectivity index (χ2v) is 5.58. The molecule has 2 unspecified atom stereocenters. The van der Waals surface area contributed by atoms with E-state index in [0.717, 1.165) is 28.4 Å². The zero-order valence-corrected chi connectivity index (χ0v) is 12.1. The van der Waals surface area contributed by atoms with Gasteiger partial charge >= 0.3 is 0 Å². The summed E-state index contributed by atoms with van der Waals surface area (Å²) in [5.41, 5.74) is 3.41. The number of benzene rings is 1. The van der Waals surface area contributed by atoms with Crippen molar-refractivity contribution < 1.29 is 5.11 Å². The fourth-order valence-corrected chi connectivity index (χ4v) is 2.29. The number of rotatable bonds is 4. The molecule has 90 valence electrons. The van der Waals surface area contributed by atoms with Gasteiger partial charge in [0.2, 0.25) is 0 Å². The molecule has 0 fully saturated rings. The quantitative estimate of drug-likeness (QED) is 0.861. The van der Waals surface area contributed by atoms with Gasteiger partial charge in [0.1, 0.15) is 0 Å². The van der Waals surface area contributed by atoms with Gasteiger partial charge in [-0.05, 0) is 48.9 Å². The summed E-state index contributed by atoms with van der Waals surface area (Å²) in [6.45, 7) is 8.46. The lowest BCUT2D eigenvalue weighted by atomic mass is 9.93. The number of aliphatic hydroxyl groups excluding tert-OH is 1. The molecule has 0 amide bonds. The van der Waals surface area contributed by atoms with Crippen molar-refractivity contribution in [3.8, 4) is 0 Å². The second kappa shape index (κ2) is 5.83. The highest BCUT2D eigenvalue weighted by Gasteiger charge is 2.14. The normalized spacial score (nSPS) is 14.9. The van der Waals surface area contributed by atoms with E-state index in [4.69, 9.17) is 0 Å². The Balaban J connectivity index is 2.91. The summed E-state index contributed by atoms with van der Waals surface area (Å²) in [5.74, 6) is 0.568. The van der Waals surface area contributed by atoms with E-state index in [1.54, 1.807) is 0 Å². The van der Waals surface area contributed by atoms with Crippen molar-refractivity contribution in [2.24, 2.45) is 5.92 Å². The van der Waals surface area contributed by atoms with Crippen LogP contribution in [-0.4, -0.2) is 5.11 Å². The molecule has 1 rings (SSSR count). The van der Waals surface area contributed by atoms with Crippen LogP contribution in [0, 0.1) is 19.8 Å². The van der Waals surface area contributed by atoms with Gasteiger partial charge in [-0.25, -0.2) is 0 Å². The Bertz CT molecular complexity index is 360. The molecule has 0 saturated carbocycles. The van der Waals surface area contributed by atoms with Crippen LogP contribution in [-0.2, 0) is 0 Å². The van der Waals surface area contributed by atoms with E-state index in [0.29, 0.717) is 5.92 Å². The molecule has 0 spiro atoms. The van der Waals surface area contributed by atoms with E-state index in [1.807, 2.05) is 0 Å². The van der Waals surface area contributed by atoms with Crippen molar-refractivity contribution in [3.63, 3.8) is 0 Å². The Hall–Kier alpha value is -0.340. The van der Waals surface area contributed by atoms with E-state index >= 15 is 0 Å². The molecular formula is C14H21BrO. The highest BCUT2D eigenvalue weighted by atomic mass is 79.9. The Labute approximate surface area is 107 Å². The SMILES string of the molecule is CCC(C)CC(O)c1cc(C)c(Br)cc1C. The van der Waals surface area contributed by atoms with Gasteiger partial charge < -0.3 is 5.11 Å². The maximum atomic E-state index is 10.2. The molecule has 1 N–H and O–H groups in total. The molecule has 0 aliphatic heterocycles. The van der Waals surface area contributed by atoms with Crippen LogP contribution in [0.5, 0.6) is 0 Å². The van der Waals surface area contributed by atoms with Gasteiger partial charge in [0.25, 0.3) is 0 Å². The number of aliphatic hydroxyl groups is 1. The van der Waals surface area contributed by atoms with Crippen molar-refractivity contribution in [2.75, 3.05) is 0 Å². The second-order valence-electron chi connectivity index (χ2n) is 4.72. The molecular weight excluding hydrogens is 264 g/mol. The van der Waals surface area contributed by atoms with Crippen LogP contribution in [0.1, 0.15) is 49.5 Å². The molecule has 1 nitrogen and oxygen atoms in total. The predicted molar refractivity (Wildman–Crippen MR) is 72.6 cm³/mol. The summed E-state index contributed by atoms with van der Waals surface area (Å²) < 4.78 is 1.12. The fourth-order valence-electron chi connectivity index (χ4n) is 1.84. The molecule has 0 aliphatic carbocycles. The van der Waals surface area contributed by atoms with Gasteiger partial charge in [-0.15, -0.1) is 0 Å². The Morgan fingerprint density at radius 3 is 2.44 bits per heavy atom. The van der Waals surface area contributed by atoms with E-state index in [9.17, 15) is 5.11 Å². The van der Waals surface area contributed by atoms with E-state index in [2.05, 4.69) is 55.8 Å². The number of aryl methyl sites for hydroxylation is 2. The molecule has 2 heteroatoms. The lowest BCUT2D eigenvalue weighted by Crippen LogP contribution is -2.06. The number of halogens is 1. The van der Waals surface area contributed by atoms with Crippen molar-refractivity contribution >= 4 is 15.9 Å². The first kappa shape index (κ1) is 13.7. The summed E-state index contributed by atoms with van der Waals surface area (Å²) >= 11 is 3.51. The van der Waals surface area contributed by atoms with Gasteiger partial charge in [-0.1, -0.05) is 42.3 Å². The van der Waals surface area contributed by atoms with Crippen LogP contribution in [0.2, 0.25) is 0 Å². The predicted octanol–water partition coefficient (Wildman–Crippen LogP) is 4.54. The average Bonchev–Trinajstić information content (AvgIpc) is 2.23. The van der Waals surface area contributed by atoms with E-state index in [1.165, 1.54) is 5.56 Å². The lowest BCUT2D eigenvalue weighted by Gasteiger charge is -2.18. The van der Waals surface area contributed by atoms with Crippen LogP contribution in [0.3, 0.4) is 0 Å². The third-order valence-corrected chi connectivity index (χ3v) is 4.08. The number of hydrogen-bond donors (Lipinski definition) is 1. The molecule has 1 aromatic carbocycles. The van der Waals surface area contributed by atoms with Crippen LogP contribution >= 0.6 is 15.9 Å². The third kappa shape index (κ3) is 3.33. The zero-order valence-electron chi connectivity index (χ0n) is 10.5. The van der Waals surface area contributed by atoms with Crippen molar-refractivity contribution in [2.45, 2.75) is 46.6 Å². The molecule has 1 aromatic rings. The zero-order chi connectivity index (χ0) is 12.3. The van der Waals surface area contributed by atoms with Gasteiger partial charge in [0, 0.05) is 4.47 Å². The van der Waals surface area contributed by atoms with E-state index < -0.39 is 0 Å². The standard InChI is InChI=1S/C14H21BrO/c1-5-9(2)6-14(16)12-7-11(4)13(15)8-10(12)3/h7-9,14,16H,5-6H2,1-4H3. The van der Waals surface area contributed by atoms with E-state index in [-0.39, 0.29) is 6.10 Å². The topological polar surface area (TPSA) is 20.2 Å². The summed E-state index contributed by atoms with van der Waals surface area (Å²) in [6.07, 6.45) is 1.63. The molecule has 0 saturated heterocycles. The van der Waals surface area contributed by atoms with Crippen LogP contribution in [0.15, 0.2) is 16.6 Å². The van der Waals surface area contributed by atoms with Crippen LogP contribution in [0.25, 0.3) is 0 Å². The molecule has 0 heterocycles. The average molecular weight is 285 g/mol. The largest absolute Gasteiger partial charge is 0.388 e. The lowest BCUT2D eigenvalue weighted by molar-refractivity contribution is 0.146. The Morgan fingerprint density at radius 1 is 1.25 bits per heavy atom. The molecule has 0 aromatic heterocycles. The minimum Gasteiger partial charge on any atom is -0.388 e. The molecule has 0 radical (unpaired) electrons. The van der Waals surface area contributed by atoms with Crippen LogP contribution < -0.4 is 0 Å². The summed E-state index contributed by atoms with van der Waals surface area (Å²) in [6, 6.07) is 4.18. The molecule has 2 atom stereocenters. The maximum absolute atomic E-state index is 10.2. The van der Waals surface area contributed by atoms with Gasteiger partial charge in [0.05, 0.1) is 6.10 Å². The minimum absolute atomic E-state index is 0.332. The minimum atomic E-state index is -0.332. The third-order valence-electron chi connectivity index (χ3n) is 3.23. The first-order chi connectivity index (χ1) is 7.45. The van der Waals surface area contributed by atoms with Crippen molar-refractivity contribution in [3.05, 3.63) is 33.3 Å². The first-order valence-electron chi connectivity index (χ1n) is 5.90. The molecule has 0 bridgehead atoms. The summed E-state index contributed by atoms with van der Waals surface area (Å²) in [5, 5.41) is 10.2.